The Bertz CT molecular complexity index is 121. The van der Waals surface area contributed by atoms with Gasteiger partial charge in [-0.2, -0.15) is 11.8 Å². The van der Waals surface area contributed by atoms with Crippen LogP contribution in [0, 0.1) is 0 Å². The van der Waals surface area contributed by atoms with Gasteiger partial charge in [-0.25, -0.2) is 5.84 Å². The van der Waals surface area contributed by atoms with Crippen LogP contribution < -0.4 is 11.3 Å². The van der Waals surface area contributed by atoms with Crippen molar-refractivity contribution >= 4 is 17.7 Å². The van der Waals surface area contributed by atoms with E-state index >= 15 is 0 Å². The topological polar surface area (TPSA) is 75.3 Å². The minimum atomic E-state index is -0.164. The first kappa shape index (κ1) is 10.7. The van der Waals surface area contributed by atoms with E-state index in [2.05, 4.69) is 0 Å². The lowest BCUT2D eigenvalue weighted by Crippen LogP contribution is -2.30. The number of nitrogens with two attached hydrogens (primary N) is 1. The lowest BCUT2D eigenvalue weighted by molar-refractivity contribution is -0.120. The van der Waals surface area contributed by atoms with Gasteiger partial charge in [-0.3, -0.25) is 10.2 Å². The molecule has 5 heteroatoms. The Morgan fingerprint density at radius 1 is 1.82 bits per heavy atom. The third kappa shape index (κ3) is 6.15. The van der Waals surface area contributed by atoms with E-state index < -0.39 is 0 Å². The highest BCUT2D eigenvalue weighted by atomic mass is 32.2. The van der Waals surface area contributed by atoms with Crippen LogP contribution >= 0.6 is 11.8 Å². The Hall–Kier alpha value is -0.260. The van der Waals surface area contributed by atoms with Crippen molar-refractivity contribution in [1.29, 1.82) is 0 Å². The minimum absolute atomic E-state index is 0.148. The smallest absolute Gasteiger partial charge is 0.234 e. The van der Waals surface area contributed by atoms with Gasteiger partial charge in [0, 0.05) is 17.4 Å². The summed E-state index contributed by atoms with van der Waals surface area (Å²) in [6, 6.07) is 0. The van der Waals surface area contributed by atoms with Crippen LogP contribution in [0.5, 0.6) is 0 Å². The molecule has 1 unspecified atom stereocenters. The number of thioether (sulfide) groups is 1. The maximum atomic E-state index is 10.6. The van der Waals surface area contributed by atoms with Crippen molar-refractivity contribution in [3.8, 4) is 0 Å². The summed E-state index contributed by atoms with van der Waals surface area (Å²) in [5.41, 5.74) is 2.04. The first-order valence-corrected chi connectivity index (χ1v) is 4.47. The van der Waals surface area contributed by atoms with E-state index in [1.165, 1.54) is 0 Å². The van der Waals surface area contributed by atoms with Gasteiger partial charge in [0.15, 0.2) is 0 Å². The predicted molar refractivity (Wildman–Crippen MR) is 46.0 cm³/mol. The third-order valence-corrected chi connectivity index (χ3v) is 2.31. The standard InChI is InChI=1S/C6H14N2O2S/c1-5(4-9)11-3-2-6(10)8-7/h5,9H,2-4,7H2,1H3,(H,8,10). The molecule has 0 aliphatic heterocycles. The summed E-state index contributed by atoms with van der Waals surface area (Å²) in [5.74, 6) is 5.40. The van der Waals surface area contributed by atoms with Crippen LogP contribution in [0.4, 0.5) is 0 Å². The van der Waals surface area contributed by atoms with E-state index in [4.69, 9.17) is 10.9 Å². The maximum absolute atomic E-state index is 10.6. The number of rotatable bonds is 5. The number of hydrazine groups is 1. The van der Waals surface area contributed by atoms with E-state index in [1.807, 2.05) is 12.3 Å². The molecule has 66 valence electrons. The van der Waals surface area contributed by atoms with E-state index in [0.717, 1.165) is 0 Å². The third-order valence-electron chi connectivity index (χ3n) is 1.15. The van der Waals surface area contributed by atoms with Crippen molar-refractivity contribution in [3.05, 3.63) is 0 Å². The van der Waals surface area contributed by atoms with Crippen LogP contribution in [0.3, 0.4) is 0 Å². The van der Waals surface area contributed by atoms with Crippen molar-refractivity contribution in [2.45, 2.75) is 18.6 Å². The van der Waals surface area contributed by atoms with Gasteiger partial charge in [-0.05, 0) is 0 Å². The number of hydrogen-bond donors (Lipinski definition) is 3. The number of hydrogen-bond acceptors (Lipinski definition) is 4. The van der Waals surface area contributed by atoms with Gasteiger partial charge in [0.05, 0.1) is 6.61 Å². The van der Waals surface area contributed by atoms with Crippen LogP contribution in [0.2, 0.25) is 0 Å². The Morgan fingerprint density at radius 3 is 2.91 bits per heavy atom. The van der Waals surface area contributed by atoms with E-state index in [0.29, 0.717) is 12.2 Å². The summed E-state index contributed by atoms with van der Waals surface area (Å²) in [7, 11) is 0. The zero-order valence-corrected chi connectivity index (χ0v) is 7.36. The normalized spacial score (nSPS) is 12.6. The number of carbonyl (C=O) groups is 1. The highest BCUT2D eigenvalue weighted by Crippen LogP contribution is 2.09. The number of nitrogens with one attached hydrogen (secondary N) is 1. The number of aliphatic hydroxyl groups excluding tert-OH is 1. The Labute approximate surface area is 70.5 Å². The summed E-state index contributed by atoms with van der Waals surface area (Å²) in [6.45, 7) is 2.06. The fourth-order valence-corrected chi connectivity index (χ4v) is 1.29. The van der Waals surface area contributed by atoms with Crippen molar-refractivity contribution in [2.24, 2.45) is 5.84 Å². The van der Waals surface area contributed by atoms with Crippen LogP contribution in [0.25, 0.3) is 0 Å². The molecular weight excluding hydrogens is 164 g/mol. The number of amides is 1. The maximum Gasteiger partial charge on any atom is 0.234 e. The fourth-order valence-electron chi connectivity index (χ4n) is 0.478. The van der Waals surface area contributed by atoms with Gasteiger partial charge in [-0.15, -0.1) is 0 Å². The molecule has 0 heterocycles. The van der Waals surface area contributed by atoms with Gasteiger partial charge >= 0.3 is 0 Å². The Balaban J connectivity index is 3.20. The second-order valence-electron chi connectivity index (χ2n) is 2.18. The lowest BCUT2D eigenvalue weighted by atomic mass is 10.5. The first-order valence-electron chi connectivity index (χ1n) is 3.42. The molecular formula is C6H14N2O2S. The van der Waals surface area contributed by atoms with Gasteiger partial charge in [0.2, 0.25) is 5.91 Å². The lowest BCUT2D eigenvalue weighted by Gasteiger charge is -2.05. The molecule has 0 rings (SSSR count). The molecule has 1 amide bonds. The van der Waals surface area contributed by atoms with E-state index in [-0.39, 0.29) is 17.8 Å². The quantitative estimate of drug-likeness (QED) is 0.301. The van der Waals surface area contributed by atoms with E-state index in [9.17, 15) is 4.79 Å². The molecule has 0 fully saturated rings. The van der Waals surface area contributed by atoms with Crippen molar-refractivity contribution in [2.75, 3.05) is 12.4 Å². The predicted octanol–water partition coefficient (Wildman–Crippen LogP) is -0.520. The molecule has 1 atom stereocenters. The largest absolute Gasteiger partial charge is 0.395 e. The van der Waals surface area contributed by atoms with Crippen LogP contribution in [-0.2, 0) is 4.79 Å². The summed E-state index contributed by atoms with van der Waals surface area (Å²) >= 11 is 1.55. The Morgan fingerprint density at radius 2 is 2.45 bits per heavy atom. The molecule has 11 heavy (non-hydrogen) atoms. The van der Waals surface area contributed by atoms with Crippen molar-refractivity contribution in [1.82, 2.24) is 5.43 Å². The van der Waals surface area contributed by atoms with Gasteiger partial charge in [0.1, 0.15) is 0 Å². The highest BCUT2D eigenvalue weighted by molar-refractivity contribution is 7.99. The molecule has 4 nitrogen and oxygen atoms in total. The summed E-state index contributed by atoms with van der Waals surface area (Å²) in [6.07, 6.45) is 0.408. The minimum Gasteiger partial charge on any atom is -0.395 e. The summed E-state index contributed by atoms with van der Waals surface area (Å²) in [4.78, 5) is 10.6. The fraction of sp³-hybridized carbons (Fsp3) is 0.833. The molecule has 4 N–H and O–H groups in total. The van der Waals surface area contributed by atoms with Crippen LogP contribution in [-0.4, -0.2) is 28.6 Å². The monoisotopic (exact) mass is 178 g/mol. The molecule has 0 aliphatic carbocycles. The number of aliphatic hydroxyl groups is 1. The Kier molecular flexibility index (Phi) is 6.30. The van der Waals surface area contributed by atoms with Crippen LogP contribution in [0.15, 0.2) is 0 Å². The second-order valence-corrected chi connectivity index (χ2v) is 3.73. The van der Waals surface area contributed by atoms with Crippen molar-refractivity contribution < 1.29 is 9.90 Å². The molecule has 0 spiro atoms. The average molecular weight is 178 g/mol. The average Bonchev–Trinajstić information content (AvgIpc) is 2.04. The zero-order chi connectivity index (χ0) is 8.69. The first-order chi connectivity index (χ1) is 5.20. The zero-order valence-electron chi connectivity index (χ0n) is 6.54. The molecule has 0 aromatic rings. The number of carbonyl (C=O) groups excluding carboxylic acids is 1. The molecule has 0 aromatic heterocycles. The van der Waals surface area contributed by atoms with Crippen LogP contribution in [0.1, 0.15) is 13.3 Å². The molecule has 0 saturated heterocycles. The van der Waals surface area contributed by atoms with Gasteiger partial charge in [0.25, 0.3) is 0 Å². The molecule has 0 aromatic carbocycles. The summed E-state index contributed by atoms with van der Waals surface area (Å²) < 4.78 is 0. The summed E-state index contributed by atoms with van der Waals surface area (Å²) in [5, 5.41) is 8.81. The van der Waals surface area contributed by atoms with Gasteiger partial charge < -0.3 is 5.11 Å². The highest BCUT2D eigenvalue weighted by Gasteiger charge is 2.02. The SMILES string of the molecule is CC(CO)SCCC(=O)NN. The second kappa shape index (κ2) is 6.45. The van der Waals surface area contributed by atoms with Crippen molar-refractivity contribution in [3.63, 3.8) is 0 Å². The van der Waals surface area contributed by atoms with Gasteiger partial charge in [-0.1, -0.05) is 6.92 Å². The molecule has 0 bridgehead atoms. The molecule has 0 aliphatic rings. The molecule has 0 radical (unpaired) electrons. The van der Waals surface area contributed by atoms with E-state index in [1.54, 1.807) is 11.8 Å². The molecule has 0 saturated carbocycles.